The molecule has 1 amide bonds. The van der Waals surface area contributed by atoms with Gasteiger partial charge >= 0.3 is 0 Å². The molecule has 1 fully saturated rings. The van der Waals surface area contributed by atoms with Gasteiger partial charge in [-0.2, -0.15) is 0 Å². The number of carbonyl (C=O) groups is 1. The fourth-order valence-corrected chi connectivity index (χ4v) is 3.90. The molecule has 4 nitrogen and oxygen atoms in total. The summed E-state index contributed by atoms with van der Waals surface area (Å²) >= 11 is 0. The second kappa shape index (κ2) is 8.72. The summed E-state index contributed by atoms with van der Waals surface area (Å²) in [7, 11) is 2.12. The third kappa shape index (κ3) is 4.63. The smallest absolute Gasteiger partial charge is 0.251 e. The van der Waals surface area contributed by atoms with Crippen LogP contribution in [0.25, 0.3) is 10.8 Å². The molecule has 1 aliphatic rings. The van der Waals surface area contributed by atoms with Crippen LogP contribution in [0.15, 0.2) is 66.7 Å². The van der Waals surface area contributed by atoms with E-state index in [9.17, 15) is 9.18 Å². The van der Waals surface area contributed by atoms with E-state index in [4.69, 9.17) is 0 Å². The van der Waals surface area contributed by atoms with E-state index in [0.29, 0.717) is 12.1 Å². The lowest BCUT2D eigenvalue weighted by atomic mass is 10.0. The topological polar surface area (TPSA) is 35.6 Å². The quantitative estimate of drug-likeness (QED) is 0.720. The standard InChI is InChI=1S/C24H26FN3O/c1-27-12-14-28(15-13-27)23(19-8-10-22(25)11-9-19)17-26-24(29)21-7-6-18-4-2-3-5-20(18)16-21/h2-11,16,23H,12-15,17H2,1H3,(H,26,29). The number of halogens is 1. The van der Waals surface area contributed by atoms with Gasteiger partial charge in [-0.15, -0.1) is 0 Å². The zero-order valence-electron chi connectivity index (χ0n) is 16.6. The Balaban J connectivity index is 1.50. The van der Waals surface area contributed by atoms with Gasteiger partial charge in [0.2, 0.25) is 0 Å². The van der Waals surface area contributed by atoms with Gasteiger partial charge < -0.3 is 10.2 Å². The van der Waals surface area contributed by atoms with E-state index in [1.165, 1.54) is 12.1 Å². The summed E-state index contributed by atoms with van der Waals surface area (Å²) in [5.74, 6) is -0.330. The van der Waals surface area contributed by atoms with Gasteiger partial charge in [-0.1, -0.05) is 42.5 Å². The van der Waals surface area contributed by atoms with Gasteiger partial charge in [0.15, 0.2) is 0 Å². The summed E-state index contributed by atoms with van der Waals surface area (Å²) < 4.78 is 13.4. The number of nitrogens with one attached hydrogen (secondary N) is 1. The van der Waals surface area contributed by atoms with Gasteiger partial charge in [-0.3, -0.25) is 9.69 Å². The van der Waals surface area contributed by atoms with Crippen LogP contribution < -0.4 is 5.32 Å². The molecule has 1 saturated heterocycles. The molecule has 0 saturated carbocycles. The molecule has 0 radical (unpaired) electrons. The summed E-state index contributed by atoms with van der Waals surface area (Å²) in [4.78, 5) is 17.5. The zero-order valence-corrected chi connectivity index (χ0v) is 16.6. The normalized spacial score (nSPS) is 16.6. The van der Waals surface area contributed by atoms with E-state index >= 15 is 0 Å². The average Bonchev–Trinajstić information content (AvgIpc) is 2.75. The predicted octanol–water partition coefficient (Wildman–Crippen LogP) is 3.70. The van der Waals surface area contributed by atoms with Crippen LogP contribution in [0.3, 0.4) is 0 Å². The van der Waals surface area contributed by atoms with Crippen molar-refractivity contribution in [1.29, 1.82) is 0 Å². The summed E-state index contributed by atoms with van der Waals surface area (Å²) in [6.45, 7) is 4.29. The molecule has 0 spiro atoms. The van der Waals surface area contributed by atoms with Crippen molar-refractivity contribution in [2.24, 2.45) is 0 Å². The monoisotopic (exact) mass is 391 g/mol. The van der Waals surface area contributed by atoms with Crippen LogP contribution in [0.2, 0.25) is 0 Å². The molecule has 1 atom stereocenters. The first-order valence-corrected chi connectivity index (χ1v) is 10.1. The van der Waals surface area contributed by atoms with Crippen LogP contribution in [-0.2, 0) is 0 Å². The van der Waals surface area contributed by atoms with Crippen molar-refractivity contribution in [3.63, 3.8) is 0 Å². The zero-order chi connectivity index (χ0) is 20.2. The van der Waals surface area contributed by atoms with Gasteiger partial charge in [0.1, 0.15) is 5.82 Å². The Morgan fingerprint density at radius 3 is 2.38 bits per heavy atom. The number of nitrogens with zero attached hydrogens (tertiary/aromatic N) is 2. The number of piperazine rings is 1. The van der Waals surface area contributed by atoms with Crippen LogP contribution in [0, 0.1) is 5.82 Å². The number of hydrogen-bond acceptors (Lipinski definition) is 3. The molecule has 1 unspecified atom stereocenters. The molecule has 29 heavy (non-hydrogen) atoms. The largest absolute Gasteiger partial charge is 0.350 e. The van der Waals surface area contributed by atoms with Crippen molar-refractivity contribution in [2.45, 2.75) is 6.04 Å². The van der Waals surface area contributed by atoms with Crippen LogP contribution in [-0.4, -0.2) is 55.5 Å². The minimum absolute atomic E-state index is 0.0220. The minimum Gasteiger partial charge on any atom is -0.350 e. The number of rotatable bonds is 5. The molecule has 0 aromatic heterocycles. The minimum atomic E-state index is -0.244. The van der Waals surface area contributed by atoms with Crippen LogP contribution in [0.4, 0.5) is 4.39 Å². The molecule has 5 heteroatoms. The molecule has 150 valence electrons. The number of amides is 1. The highest BCUT2D eigenvalue weighted by molar-refractivity contribution is 5.98. The summed E-state index contributed by atoms with van der Waals surface area (Å²) in [6, 6.07) is 20.4. The first-order valence-electron chi connectivity index (χ1n) is 10.1. The number of carbonyl (C=O) groups excluding carboxylic acids is 1. The Morgan fingerprint density at radius 2 is 1.66 bits per heavy atom. The number of benzene rings is 3. The van der Waals surface area contributed by atoms with E-state index < -0.39 is 0 Å². The van der Waals surface area contributed by atoms with Gasteiger partial charge in [-0.25, -0.2) is 4.39 Å². The highest BCUT2D eigenvalue weighted by Crippen LogP contribution is 2.22. The molecule has 0 bridgehead atoms. The van der Waals surface area contributed by atoms with Crippen molar-refractivity contribution in [3.8, 4) is 0 Å². The third-order valence-corrected chi connectivity index (χ3v) is 5.70. The summed E-state index contributed by atoms with van der Waals surface area (Å²) in [5.41, 5.74) is 1.68. The summed E-state index contributed by atoms with van der Waals surface area (Å²) in [6.07, 6.45) is 0. The summed E-state index contributed by atoms with van der Waals surface area (Å²) in [5, 5.41) is 5.26. The SMILES string of the molecule is CN1CCN(C(CNC(=O)c2ccc3ccccc3c2)c2ccc(F)cc2)CC1. The second-order valence-corrected chi connectivity index (χ2v) is 7.68. The Hall–Kier alpha value is -2.76. The lowest BCUT2D eigenvalue weighted by Gasteiger charge is -2.38. The maximum Gasteiger partial charge on any atom is 0.251 e. The maximum atomic E-state index is 13.4. The van der Waals surface area contributed by atoms with E-state index in [2.05, 4.69) is 22.2 Å². The van der Waals surface area contributed by atoms with Crippen molar-refractivity contribution >= 4 is 16.7 Å². The Labute approximate surface area is 170 Å². The lowest BCUT2D eigenvalue weighted by molar-refractivity contribution is 0.0886. The molecule has 1 heterocycles. The van der Waals surface area contributed by atoms with Crippen molar-refractivity contribution in [1.82, 2.24) is 15.1 Å². The molecule has 1 aliphatic heterocycles. The predicted molar refractivity (Wildman–Crippen MR) is 114 cm³/mol. The van der Waals surface area contributed by atoms with Crippen LogP contribution >= 0.6 is 0 Å². The molecule has 1 N–H and O–H groups in total. The number of hydrogen-bond donors (Lipinski definition) is 1. The van der Waals surface area contributed by atoms with E-state index in [-0.39, 0.29) is 17.8 Å². The Kier molecular flexibility index (Phi) is 5.88. The maximum absolute atomic E-state index is 13.4. The number of likely N-dealkylation sites (N-methyl/N-ethyl adjacent to an activating group) is 1. The number of fused-ring (bicyclic) bond motifs is 1. The van der Waals surface area contributed by atoms with Gasteiger partial charge in [0, 0.05) is 38.3 Å². The molecular weight excluding hydrogens is 365 g/mol. The highest BCUT2D eigenvalue weighted by atomic mass is 19.1. The average molecular weight is 391 g/mol. The van der Waals surface area contributed by atoms with Crippen molar-refractivity contribution in [2.75, 3.05) is 39.8 Å². The molecule has 4 rings (SSSR count). The first-order chi connectivity index (χ1) is 14.1. The fraction of sp³-hybridized carbons (Fsp3) is 0.292. The molecule has 3 aromatic rings. The first kappa shape index (κ1) is 19.6. The van der Waals surface area contributed by atoms with Crippen LogP contribution in [0.5, 0.6) is 0 Å². The van der Waals surface area contributed by atoms with Crippen molar-refractivity contribution in [3.05, 3.63) is 83.7 Å². The van der Waals surface area contributed by atoms with Crippen LogP contribution in [0.1, 0.15) is 22.0 Å². The Morgan fingerprint density at radius 1 is 0.966 bits per heavy atom. The van der Waals surface area contributed by atoms with Gasteiger partial charge in [0.05, 0.1) is 6.04 Å². The van der Waals surface area contributed by atoms with E-state index in [1.54, 1.807) is 0 Å². The van der Waals surface area contributed by atoms with Gasteiger partial charge in [-0.05, 0) is 47.6 Å². The second-order valence-electron chi connectivity index (χ2n) is 7.68. The van der Waals surface area contributed by atoms with E-state index in [0.717, 1.165) is 42.5 Å². The fourth-order valence-electron chi connectivity index (χ4n) is 3.90. The molecular formula is C24H26FN3O. The molecule has 0 aliphatic carbocycles. The highest BCUT2D eigenvalue weighted by Gasteiger charge is 2.24. The Bertz CT molecular complexity index is 981. The third-order valence-electron chi connectivity index (χ3n) is 5.70. The lowest BCUT2D eigenvalue weighted by Crippen LogP contribution is -2.48. The molecule has 3 aromatic carbocycles. The van der Waals surface area contributed by atoms with Crippen molar-refractivity contribution < 1.29 is 9.18 Å². The van der Waals surface area contributed by atoms with E-state index in [1.807, 2.05) is 54.6 Å². The van der Waals surface area contributed by atoms with Gasteiger partial charge in [0.25, 0.3) is 5.91 Å².